The van der Waals surface area contributed by atoms with Crippen molar-refractivity contribution in [3.05, 3.63) is 5.01 Å². The number of carbonyl (C=O) groups excluding carboxylic acids is 2. The molecule has 0 aliphatic rings. The number of rotatable bonds is 5. The van der Waals surface area contributed by atoms with Crippen LogP contribution in [0.15, 0.2) is 0 Å². The van der Waals surface area contributed by atoms with Gasteiger partial charge in [-0.05, 0) is 6.92 Å². The van der Waals surface area contributed by atoms with Gasteiger partial charge in [0.15, 0.2) is 0 Å². The Morgan fingerprint density at radius 3 is 2.56 bits per heavy atom. The van der Waals surface area contributed by atoms with Crippen molar-refractivity contribution in [3.63, 3.8) is 0 Å². The van der Waals surface area contributed by atoms with Crippen LogP contribution in [0, 0.1) is 6.92 Å². The predicted molar refractivity (Wildman–Crippen MR) is 62.0 cm³/mol. The monoisotopic (exact) mass is 273 g/mol. The van der Waals surface area contributed by atoms with Gasteiger partial charge in [-0.25, -0.2) is 9.59 Å². The third-order valence-corrected chi connectivity index (χ3v) is 2.51. The van der Waals surface area contributed by atoms with Gasteiger partial charge in [0.05, 0.1) is 6.42 Å². The van der Waals surface area contributed by atoms with Crippen molar-refractivity contribution < 1.29 is 19.5 Å². The minimum atomic E-state index is -1.38. The highest BCUT2D eigenvalue weighted by Gasteiger charge is 2.22. The molecule has 0 fully saturated rings. The lowest BCUT2D eigenvalue weighted by Gasteiger charge is -2.12. The third-order valence-electron chi connectivity index (χ3n) is 1.76. The molecule has 0 saturated heterocycles. The number of primary amides is 1. The lowest BCUT2D eigenvalue weighted by atomic mass is 10.2. The van der Waals surface area contributed by atoms with Crippen LogP contribution in [0.2, 0.25) is 0 Å². The molecule has 1 aromatic rings. The van der Waals surface area contributed by atoms with E-state index in [1.54, 1.807) is 6.92 Å². The molecule has 1 atom stereocenters. The molecule has 1 heterocycles. The summed E-state index contributed by atoms with van der Waals surface area (Å²) in [7, 11) is 0. The van der Waals surface area contributed by atoms with E-state index in [2.05, 4.69) is 20.8 Å². The topological polar surface area (TPSA) is 147 Å². The van der Waals surface area contributed by atoms with Gasteiger partial charge in [0, 0.05) is 0 Å². The van der Waals surface area contributed by atoms with E-state index < -0.39 is 30.4 Å². The van der Waals surface area contributed by atoms with Gasteiger partial charge < -0.3 is 16.2 Å². The zero-order valence-electron chi connectivity index (χ0n) is 9.34. The highest BCUT2D eigenvalue weighted by molar-refractivity contribution is 7.15. The summed E-state index contributed by atoms with van der Waals surface area (Å²) in [6.07, 6.45) is -0.488. The zero-order valence-corrected chi connectivity index (χ0v) is 10.2. The van der Waals surface area contributed by atoms with Gasteiger partial charge in [0.25, 0.3) is 0 Å². The van der Waals surface area contributed by atoms with E-state index in [0.29, 0.717) is 5.01 Å². The number of carboxylic acids is 1. The van der Waals surface area contributed by atoms with Crippen LogP contribution in [0.3, 0.4) is 0 Å². The molecule has 0 spiro atoms. The molecule has 18 heavy (non-hydrogen) atoms. The number of carbonyl (C=O) groups is 3. The van der Waals surface area contributed by atoms with Crippen molar-refractivity contribution in [2.45, 2.75) is 19.4 Å². The number of aliphatic carboxylic acids is 1. The standard InChI is InChI=1S/C8H11N5O4S/c1-3-12-13-8(18-3)11-7(17)10-4(6(15)16)2-5(9)14/h4H,2H2,1H3,(H2,9,14)(H,15,16)(H2,10,11,13,17)/t4-/m0/s1. The number of hydrogen-bond donors (Lipinski definition) is 4. The van der Waals surface area contributed by atoms with Gasteiger partial charge >= 0.3 is 12.0 Å². The van der Waals surface area contributed by atoms with Crippen LogP contribution >= 0.6 is 11.3 Å². The van der Waals surface area contributed by atoms with Crippen LogP contribution in [0.4, 0.5) is 9.93 Å². The molecule has 1 aromatic heterocycles. The van der Waals surface area contributed by atoms with Gasteiger partial charge in [0.2, 0.25) is 11.0 Å². The molecule has 0 unspecified atom stereocenters. The molecule has 1 rings (SSSR count). The average molecular weight is 273 g/mol. The smallest absolute Gasteiger partial charge is 0.326 e. The van der Waals surface area contributed by atoms with Gasteiger partial charge in [-0.1, -0.05) is 11.3 Å². The van der Waals surface area contributed by atoms with Gasteiger partial charge in [-0.2, -0.15) is 0 Å². The quantitative estimate of drug-likeness (QED) is 0.557. The summed E-state index contributed by atoms with van der Waals surface area (Å²) in [5.74, 6) is -2.17. The number of aryl methyl sites for hydroxylation is 1. The number of carboxylic acid groups (broad SMARTS) is 1. The Hall–Kier alpha value is -2.23. The minimum Gasteiger partial charge on any atom is -0.480 e. The number of urea groups is 1. The molecule has 98 valence electrons. The first-order chi connectivity index (χ1) is 8.38. The Bertz CT molecular complexity index is 474. The van der Waals surface area contributed by atoms with Gasteiger partial charge in [-0.15, -0.1) is 10.2 Å². The van der Waals surface area contributed by atoms with Crippen molar-refractivity contribution in [2.24, 2.45) is 5.73 Å². The summed E-state index contributed by atoms with van der Waals surface area (Å²) >= 11 is 1.13. The van der Waals surface area contributed by atoms with E-state index in [0.717, 1.165) is 11.3 Å². The van der Waals surface area contributed by atoms with Crippen LogP contribution in [-0.4, -0.2) is 39.3 Å². The lowest BCUT2D eigenvalue weighted by Crippen LogP contribution is -2.45. The maximum absolute atomic E-state index is 11.4. The second-order valence-corrected chi connectivity index (χ2v) is 4.47. The van der Waals surface area contributed by atoms with E-state index in [4.69, 9.17) is 10.8 Å². The Labute approximate surface area is 105 Å². The third kappa shape index (κ3) is 4.33. The zero-order chi connectivity index (χ0) is 13.7. The summed E-state index contributed by atoms with van der Waals surface area (Å²) in [5, 5.41) is 21.3. The molecule has 0 aliphatic carbocycles. The summed E-state index contributed by atoms with van der Waals surface area (Å²) in [6.45, 7) is 1.70. The fraction of sp³-hybridized carbons (Fsp3) is 0.375. The lowest BCUT2D eigenvalue weighted by molar-refractivity contribution is -0.140. The van der Waals surface area contributed by atoms with Crippen LogP contribution in [0.25, 0.3) is 0 Å². The molecule has 0 bridgehead atoms. The number of anilines is 1. The fourth-order valence-corrected chi connectivity index (χ4v) is 1.63. The summed E-state index contributed by atoms with van der Waals surface area (Å²) in [4.78, 5) is 32.8. The SMILES string of the molecule is Cc1nnc(NC(=O)N[C@@H](CC(N)=O)C(=O)O)s1. The molecule has 5 N–H and O–H groups in total. The Morgan fingerprint density at radius 1 is 1.44 bits per heavy atom. The second kappa shape index (κ2) is 5.91. The van der Waals surface area contributed by atoms with E-state index in [1.165, 1.54) is 0 Å². The molecule has 10 heteroatoms. The van der Waals surface area contributed by atoms with E-state index in [1.807, 2.05) is 0 Å². The molecule has 3 amide bonds. The minimum absolute atomic E-state index is 0.230. The number of aromatic nitrogens is 2. The Kier molecular flexibility index (Phi) is 4.54. The largest absolute Gasteiger partial charge is 0.480 e. The first-order valence-corrected chi connectivity index (χ1v) is 5.59. The highest BCUT2D eigenvalue weighted by atomic mass is 32.1. The first kappa shape index (κ1) is 13.8. The van der Waals surface area contributed by atoms with Crippen LogP contribution < -0.4 is 16.4 Å². The second-order valence-electron chi connectivity index (χ2n) is 3.29. The number of nitrogens with one attached hydrogen (secondary N) is 2. The number of nitrogens with zero attached hydrogens (tertiary/aromatic N) is 2. The predicted octanol–water partition coefficient (Wildman–Crippen LogP) is -0.703. The Morgan fingerprint density at radius 2 is 2.11 bits per heavy atom. The number of hydrogen-bond acceptors (Lipinski definition) is 6. The number of nitrogens with two attached hydrogens (primary N) is 1. The molecular weight excluding hydrogens is 262 g/mol. The number of amides is 3. The average Bonchev–Trinajstić information content (AvgIpc) is 2.62. The highest BCUT2D eigenvalue weighted by Crippen LogP contribution is 2.13. The summed E-state index contributed by atoms with van der Waals surface area (Å²) in [6, 6.07) is -2.17. The first-order valence-electron chi connectivity index (χ1n) is 4.77. The molecule has 0 aromatic carbocycles. The summed E-state index contributed by atoms with van der Waals surface area (Å²) < 4.78 is 0. The van der Waals surface area contributed by atoms with E-state index in [9.17, 15) is 14.4 Å². The molecule has 0 radical (unpaired) electrons. The van der Waals surface area contributed by atoms with E-state index >= 15 is 0 Å². The maximum atomic E-state index is 11.4. The van der Waals surface area contributed by atoms with Gasteiger partial charge in [-0.3, -0.25) is 10.1 Å². The summed E-state index contributed by atoms with van der Waals surface area (Å²) in [5.41, 5.74) is 4.87. The van der Waals surface area contributed by atoms with Crippen LogP contribution in [-0.2, 0) is 9.59 Å². The maximum Gasteiger partial charge on any atom is 0.326 e. The van der Waals surface area contributed by atoms with E-state index in [-0.39, 0.29) is 5.13 Å². The van der Waals surface area contributed by atoms with Crippen molar-refractivity contribution >= 4 is 34.4 Å². The normalized spacial score (nSPS) is 11.6. The van der Waals surface area contributed by atoms with Crippen LogP contribution in [0.1, 0.15) is 11.4 Å². The molecular formula is C8H11N5O4S. The van der Waals surface area contributed by atoms with Crippen molar-refractivity contribution in [2.75, 3.05) is 5.32 Å². The van der Waals surface area contributed by atoms with Crippen molar-refractivity contribution in [1.82, 2.24) is 15.5 Å². The molecule has 0 saturated carbocycles. The van der Waals surface area contributed by atoms with Crippen molar-refractivity contribution in [3.8, 4) is 0 Å². The van der Waals surface area contributed by atoms with Gasteiger partial charge in [0.1, 0.15) is 11.0 Å². The fourth-order valence-electron chi connectivity index (χ4n) is 1.04. The van der Waals surface area contributed by atoms with Crippen molar-refractivity contribution in [1.29, 1.82) is 0 Å². The Balaban J connectivity index is 2.56. The molecule has 9 nitrogen and oxygen atoms in total. The molecule has 0 aliphatic heterocycles. The van der Waals surface area contributed by atoms with Crippen LogP contribution in [0.5, 0.6) is 0 Å².